The Morgan fingerprint density at radius 3 is 2.48 bits per heavy atom. The standard InChI is InChI=1S/C14H24N2O5/c1-14(2,3)6-11(18)15-7-12(19)16-8-9(17)5-10(16)13(20)21-4/h9-10,17H,5-8H2,1-4H3,(H,15,18). The fourth-order valence-electron chi connectivity index (χ4n) is 2.27. The van der Waals surface area contributed by atoms with Crippen LogP contribution in [0.1, 0.15) is 33.6 Å². The number of ether oxygens (including phenoxy) is 1. The highest BCUT2D eigenvalue weighted by Gasteiger charge is 2.39. The van der Waals surface area contributed by atoms with Gasteiger partial charge in [0.1, 0.15) is 6.04 Å². The molecular formula is C14H24N2O5. The lowest BCUT2D eigenvalue weighted by Crippen LogP contribution is -2.46. The topological polar surface area (TPSA) is 95.9 Å². The zero-order valence-electron chi connectivity index (χ0n) is 13.0. The minimum absolute atomic E-state index is 0.0771. The Hall–Kier alpha value is -1.63. The van der Waals surface area contributed by atoms with Crippen LogP contribution >= 0.6 is 0 Å². The number of aliphatic hydroxyl groups is 1. The SMILES string of the molecule is COC(=O)C1CC(O)CN1C(=O)CNC(=O)CC(C)(C)C. The monoisotopic (exact) mass is 300 g/mol. The van der Waals surface area contributed by atoms with Crippen LogP contribution in [0.5, 0.6) is 0 Å². The number of likely N-dealkylation sites (tertiary alicyclic amines) is 1. The second-order valence-corrected chi connectivity index (χ2v) is 6.49. The van der Waals surface area contributed by atoms with Crippen molar-refractivity contribution in [3.05, 3.63) is 0 Å². The molecule has 1 fully saturated rings. The van der Waals surface area contributed by atoms with Gasteiger partial charge in [0.25, 0.3) is 0 Å². The van der Waals surface area contributed by atoms with E-state index < -0.39 is 24.0 Å². The summed E-state index contributed by atoms with van der Waals surface area (Å²) in [6, 6.07) is -0.781. The zero-order chi connectivity index (χ0) is 16.2. The number of rotatable bonds is 4. The predicted octanol–water partition coefficient (Wildman–Crippen LogP) is -0.326. The van der Waals surface area contributed by atoms with E-state index in [1.807, 2.05) is 20.8 Å². The van der Waals surface area contributed by atoms with Gasteiger partial charge in [0.05, 0.1) is 19.8 Å². The van der Waals surface area contributed by atoms with E-state index in [1.54, 1.807) is 0 Å². The largest absolute Gasteiger partial charge is 0.467 e. The summed E-state index contributed by atoms with van der Waals surface area (Å²) in [5.41, 5.74) is -0.161. The maximum Gasteiger partial charge on any atom is 0.328 e. The number of nitrogens with one attached hydrogen (secondary N) is 1. The molecule has 2 amide bonds. The summed E-state index contributed by atoms with van der Waals surface area (Å²) in [5, 5.41) is 12.1. The van der Waals surface area contributed by atoms with Crippen molar-refractivity contribution in [2.45, 2.75) is 45.8 Å². The number of methoxy groups -OCH3 is 1. The van der Waals surface area contributed by atoms with E-state index in [0.29, 0.717) is 6.42 Å². The number of hydrogen-bond acceptors (Lipinski definition) is 5. The number of nitrogens with zero attached hydrogens (tertiary/aromatic N) is 1. The molecule has 0 spiro atoms. The molecule has 21 heavy (non-hydrogen) atoms. The Morgan fingerprint density at radius 2 is 1.95 bits per heavy atom. The predicted molar refractivity (Wildman–Crippen MR) is 75.2 cm³/mol. The Labute approximate surface area is 124 Å². The van der Waals surface area contributed by atoms with Gasteiger partial charge in [-0.2, -0.15) is 0 Å². The fraction of sp³-hybridized carbons (Fsp3) is 0.786. The highest BCUT2D eigenvalue weighted by molar-refractivity contribution is 5.89. The summed E-state index contributed by atoms with van der Waals surface area (Å²) in [4.78, 5) is 36.6. The van der Waals surface area contributed by atoms with E-state index in [2.05, 4.69) is 10.1 Å². The number of amides is 2. The van der Waals surface area contributed by atoms with Crippen LogP contribution in [-0.2, 0) is 19.1 Å². The summed E-state index contributed by atoms with van der Waals surface area (Å²) in [5.74, 6) is -1.17. The number of β-amino-alcohol motifs (C(OH)–C–C–N with tert-alkyl or cyclic N) is 1. The number of aliphatic hydroxyl groups excluding tert-OH is 1. The average molecular weight is 300 g/mol. The van der Waals surface area contributed by atoms with Crippen molar-refractivity contribution >= 4 is 17.8 Å². The zero-order valence-corrected chi connectivity index (χ0v) is 13.0. The van der Waals surface area contributed by atoms with Crippen LogP contribution in [-0.4, -0.2) is 60.1 Å². The molecule has 2 atom stereocenters. The third kappa shape index (κ3) is 5.34. The van der Waals surface area contributed by atoms with Gasteiger partial charge in [0.2, 0.25) is 11.8 Å². The van der Waals surface area contributed by atoms with Crippen LogP contribution in [0.25, 0.3) is 0 Å². The van der Waals surface area contributed by atoms with Gasteiger partial charge in [0.15, 0.2) is 0 Å². The van der Waals surface area contributed by atoms with Crippen LogP contribution in [0.4, 0.5) is 0 Å². The number of carbonyl (C=O) groups is 3. The van der Waals surface area contributed by atoms with Gasteiger partial charge in [-0.1, -0.05) is 20.8 Å². The van der Waals surface area contributed by atoms with Crippen LogP contribution in [0.3, 0.4) is 0 Å². The highest BCUT2D eigenvalue weighted by Crippen LogP contribution is 2.20. The van der Waals surface area contributed by atoms with Crippen molar-refractivity contribution in [1.29, 1.82) is 0 Å². The molecule has 0 aromatic heterocycles. The molecule has 1 heterocycles. The van der Waals surface area contributed by atoms with Crippen molar-refractivity contribution < 1.29 is 24.2 Å². The van der Waals surface area contributed by atoms with Gasteiger partial charge in [-0.15, -0.1) is 0 Å². The van der Waals surface area contributed by atoms with Gasteiger partial charge in [-0.05, 0) is 5.41 Å². The first-order valence-corrected chi connectivity index (χ1v) is 6.96. The van der Waals surface area contributed by atoms with Gasteiger partial charge < -0.3 is 20.1 Å². The van der Waals surface area contributed by atoms with E-state index >= 15 is 0 Å². The van der Waals surface area contributed by atoms with E-state index in [-0.39, 0.29) is 30.8 Å². The second kappa shape index (κ2) is 6.89. The molecule has 7 heteroatoms. The molecule has 1 saturated heterocycles. The van der Waals surface area contributed by atoms with Gasteiger partial charge in [-0.25, -0.2) is 4.79 Å². The lowest BCUT2D eigenvalue weighted by molar-refractivity contribution is -0.150. The molecule has 2 N–H and O–H groups in total. The third-order valence-corrected chi connectivity index (χ3v) is 3.20. The molecule has 0 saturated carbocycles. The van der Waals surface area contributed by atoms with Crippen molar-refractivity contribution in [3.63, 3.8) is 0 Å². The number of esters is 1. The lowest BCUT2D eigenvalue weighted by Gasteiger charge is -2.23. The van der Waals surface area contributed by atoms with E-state index in [9.17, 15) is 19.5 Å². The third-order valence-electron chi connectivity index (χ3n) is 3.20. The quantitative estimate of drug-likeness (QED) is 0.693. The van der Waals surface area contributed by atoms with Crippen molar-refractivity contribution in [2.24, 2.45) is 5.41 Å². The minimum atomic E-state index is -0.781. The summed E-state index contributed by atoms with van der Waals surface area (Å²) in [6.07, 6.45) is -0.277. The smallest absolute Gasteiger partial charge is 0.328 e. The molecular weight excluding hydrogens is 276 g/mol. The number of hydrogen-bond donors (Lipinski definition) is 2. The number of carbonyl (C=O) groups excluding carboxylic acids is 3. The fourth-order valence-corrected chi connectivity index (χ4v) is 2.27. The first kappa shape index (κ1) is 17.4. The molecule has 120 valence electrons. The second-order valence-electron chi connectivity index (χ2n) is 6.49. The molecule has 1 aliphatic heterocycles. The first-order valence-electron chi connectivity index (χ1n) is 6.96. The average Bonchev–Trinajstić information content (AvgIpc) is 2.75. The van der Waals surface area contributed by atoms with Crippen LogP contribution < -0.4 is 5.32 Å². The van der Waals surface area contributed by atoms with E-state index in [4.69, 9.17) is 0 Å². The van der Waals surface area contributed by atoms with Crippen molar-refractivity contribution in [2.75, 3.05) is 20.2 Å². The Balaban J connectivity index is 2.54. The van der Waals surface area contributed by atoms with Gasteiger partial charge >= 0.3 is 5.97 Å². The summed E-state index contributed by atoms with van der Waals surface area (Å²) in [7, 11) is 1.24. The maximum atomic E-state index is 12.1. The van der Waals surface area contributed by atoms with Crippen LogP contribution in [0.2, 0.25) is 0 Å². The molecule has 0 aromatic carbocycles. The molecule has 0 aromatic rings. The molecule has 2 unspecified atom stereocenters. The van der Waals surface area contributed by atoms with E-state index in [0.717, 1.165) is 0 Å². The molecule has 7 nitrogen and oxygen atoms in total. The first-order chi connectivity index (χ1) is 9.64. The molecule has 1 rings (SSSR count). The van der Waals surface area contributed by atoms with Gasteiger partial charge in [0, 0.05) is 19.4 Å². The molecule has 0 radical (unpaired) electrons. The van der Waals surface area contributed by atoms with Crippen molar-refractivity contribution in [1.82, 2.24) is 10.2 Å². The minimum Gasteiger partial charge on any atom is -0.467 e. The summed E-state index contributed by atoms with van der Waals surface area (Å²) in [6.45, 7) is 5.68. The molecule has 1 aliphatic rings. The van der Waals surface area contributed by atoms with E-state index in [1.165, 1.54) is 12.0 Å². The van der Waals surface area contributed by atoms with Crippen molar-refractivity contribution in [3.8, 4) is 0 Å². The Kier molecular flexibility index (Phi) is 5.71. The van der Waals surface area contributed by atoms with Gasteiger partial charge in [-0.3, -0.25) is 9.59 Å². The normalized spacial score (nSPS) is 22.0. The lowest BCUT2D eigenvalue weighted by atomic mass is 9.92. The van der Waals surface area contributed by atoms with Crippen LogP contribution in [0.15, 0.2) is 0 Å². The maximum absolute atomic E-state index is 12.1. The molecule has 0 bridgehead atoms. The Bertz CT molecular complexity index is 416. The Morgan fingerprint density at radius 1 is 1.33 bits per heavy atom. The highest BCUT2D eigenvalue weighted by atomic mass is 16.5. The van der Waals surface area contributed by atoms with Crippen LogP contribution in [0, 0.1) is 5.41 Å². The summed E-state index contributed by atoms with van der Waals surface area (Å²) >= 11 is 0. The summed E-state index contributed by atoms with van der Waals surface area (Å²) < 4.78 is 4.62. The molecule has 0 aliphatic carbocycles.